The zero-order chi connectivity index (χ0) is 15.4. The van der Waals surface area contributed by atoms with Crippen LogP contribution in [0.25, 0.3) is 0 Å². The van der Waals surface area contributed by atoms with Gasteiger partial charge in [0.25, 0.3) is 5.91 Å². The van der Waals surface area contributed by atoms with E-state index in [4.69, 9.17) is 0 Å². The van der Waals surface area contributed by atoms with Crippen LogP contribution in [0.15, 0.2) is 36.4 Å². The predicted molar refractivity (Wildman–Crippen MR) is 89.2 cm³/mol. The van der Waals surface area contributed by atoms with E-state index in [9.17, 15) is 4.79 Å². The van der Waals surface area contributed by atoms with Gasteiger partial charge in [-0.25, -0.2) is 0 Å². The van der Waals surface area contributed by atoms with Gasteiger partial charge in [0.1, 0.15) is 0 Å². The Bertz CT molecular complexity index is 662. The van der Waals surface area contributed by atoms with Crippen molar-refractivity contribution in [3.05, 3.63) is 58.7 Å². The van der Waals surface area contributed by atoms with E-state index in [1.54, 1.807) is 0 Å². The van der Waals surface area contributed by atoms with Crippen molar-refractivity contribution in [1.82, 2.24) is 0 Å². The van der Waals surface area contributed by atoms with E-state index in [0.717, 1.165) is 34.6 Å². The molecular weight excluding hydrogens is 260 g/mol. The van der Waals surface area contributed by atoms with Crippen LogP contribution in [0.1, 0.15) is 34.0 Å². The third-order valence-electron chi connectivity index (χ3n) is 3.50. The first-order chi connectivity index (χ1) is 10.0. The van der Waals surface area contributed by atoms with Crippen molar-refractivity contribution in [3.63, 3.8) is 0 Å². The fourth-order valence-electron chi connectivity index (χ4n) is 2.26. The molecule has 0 atom stereocenters. The molecule has 0 saturated heterocycles. The molecule has 21 heavy (non-hydrogen) atoms. The highest BCUT2D eigenvalue weighted by Gasteiger charge is 2.09. The number of carbonyl (C=O) groups excluding carboxylic acids is 1. The van der Waals surface area contributed by atoms with E-state index in [1.165, 1.54) is 0 Å². The zero-order valence-corrected chi connectivity index (χ0v) is 13.1. The van der Waals surface area contributed by atoms with Crippen molar-refractivity contribution in [3.8, 4) is 0 Å². The van der Waals surface area contributed by atoms with Gasteiger partial charge in [0.15, 0.2) is 0 Å². The van der Waals surface area contributed by atoms with Crippen molar-refractivity contribution in [2.75, 3.05) is 17.2 Å². The van der Waals surface area contributed by atoms with Crippen molar-refractivity contribution < 1.29 is 4.79 Å². The number of hydrogen-bond acceptors (Lipinski definition) is 2. The second-order valence-corrected chi connectivity index (χ2v) is 5.33. The molecule has 110 valence electrons. The topological polar surface area (TPSA) is 41.1 Å². The molecule has 0 aliphatic carbocycles. The summed E-state index contributed by atoms with van der Waals surface area (Å²) in [5, 5.41) is 6.26. The summed E-state index contributed by atoms with van der Waals surface area (Å²) in [5.74, 6) is -0.0742. The first-order valence-electron chi connectivity index (χ1n) is 7.24. The van der Waals surface area contributed by atoms with Crippen LogP contribution in [0.4, 0.5) is 11.4 Å². The Morgan fingerprint density at radius 2 is 1.71 bits per heavy atom. The second kappa shape index (κ2) is 6.44. The lowest BCUT2D eigenvalue weighted by atomic mass is 10.1. The molecule has 0 heterocycles. The molecule has 2 aromatic rings. The number of aryl methyl sites for hydroxylation is 3. The van der Waals surface area contributed by atoms with Crippen molar-refractivity contribution in [2.45, 2.75) is 27.7 Å². The Morgan fingerprint density at radius 3 is 2.38 bits per heavy atom. The average Bonchev–Trinajstić information content (AvgIpc) is 2.45. The van der Waals surface area contributed by atoms with E-state index in [0.29, 0.717) is 5.56 Å². The SMILES string of the molecule is CCNc1ccc(C(=O)Nc2cc(C)ccc2C)cc1C. The Kier molecular flexibility index (Phi) is 4.63. The Hall–Kier alpha value is -2.29. The lowest BCUT2D eigenvalue weighted by Gasteiger charge is -2.12. The van der Waals surface area contributed by atoms with E-state index in [2.05, 4.69) is 17.6 Å². The Morgan fingerprint density at radius 1 is 0.952 bits per heavy atom. The third kappa shape index (κ3) is 3.63. The smallest absolute Gasteiger partial charge is 0.255 e. The monoisotopic (exact) mass is 282 g/mol. The quantitative estimate of drug-likeness (QED) is 0.878. The average molecular weight is 282 g/mol. The van der Waals surface area contributed by atoms with E-state index >= 15 is 0 Å². The summed E-state index contributed by atoms with van der Waals surface area (Å²) in [4.78, 5) is 12.4. The van der Waals surface area contributed by atoms with Crippen LogP contribution in [0.3, 0.4) is 0 Å². The molecule has 0 aromatic heterocycles. The third-order valence-corrected chi connectivity index (χ3v) is 3.50. The predicted octanol–water partition coefficient (Wildman–Crippen LogP) is 4.30. The number of hydrogen-bond donors (Lipinski definition) is 2. The molecule has 0 saturated carbocycles. The number of amides is 1. The molecule has 0 fully saturated rings. The van der Waals surface area contributed by atoms with Crippen LogP contribution >= 0.6 is 0 Å². The minimum absolute atomic E-state index is 0.0742. The van der Waals surface area contributed by atoms with Gasteiger partial charge in [-0.15, -0.1) is 0 Å². The van der Waals surface area contributed by atoms with Crippen LogP contribution in [0, 0.1) is 20.8 Å². The first kappa shape index (κ1) is 15.1. The number of nitrogens with one attached hydrogen (secondary N) is 2. The van der Waals surface area contributed by atoms with Crippen LogP contribution in [-0.2, 0) is 0 Å². The van der Waals surface area contributed by atoms with Crippen LogP contribution in [0.2, 0.25) is 0 Å². The maximum Gasteiger partial charge on any atom is 0.255 e. The van der Waals surface area contributed by atoms with Gasteiger partial charge in [0.05, 0.1) is 0 Å². The molecule has 2 aromatic carbocycles. The summed E-state index contributed by atoms with van der Waals surface area (Å²) in [6.07, 6.45) is 0. The molecule has 0 unspecified atom stereocenters. The van der Waals surface area contributed by atoms with Gasteiger partial charge in [-0.05, 0) is 68.7 Å². The number of benzene rings is 2. The molecule has 2 N–H and O–H groups in total. The highest BCUT2D eigenvalue weighted by atomic mass is 16.1. The van der Waals surface area contributed by atoms with Crippen LogP contribution in [-0.4, -0.2) is 12.5 Å². The summed E-state index contributed by atoms with van der Waals surface area (Å²) >= 11 is 0. The summed E-state index contributed by atoms with van der Waals surface area (Å²) < 4.78 is 0. The van der Waals surface area contributed by atoms with Gasteiger partial charge in [-0.2, -0.15) is 0 Å². The van der Waals surface area contributed by atoms with Gasteiger partial charge in [-0.3, -0.25) is 4.79 Å². The Balaban J connectivity index is 2.20. The normalized spacial score (nSPS) is 10.3. The lowest BCUT2D eigenvalue weighted by Crippen LogP contribution is -2.13. The summed E-state index contributed by atoms with van der Waals surface area (Å²) in [6.45, 7) is 8.95. The second-order valence-electron chi connectivity index (χ2n) is 5.33. The molecule has 2 rings (SSSR count). The number of anilines is 2. The molecule has 0 radical (unpaired) electrons. The molecule has 3 heteroatoms. The van der Waals surface area contributed by atoms with Gasteiger partial charge in [0.2, 0.25) is 0 Å². The van der Waals surface area contributed by atoms with Gasteiger partial charge in [0, 0.05) is 23.5 Å². The molecule has 3 nitrogen and oxygen atoms in total. The maximum absolute atomic E-state index is 12.4. The molecule has 0 aliphatic rings. The Labute approximate surface area is 126 Å². The molecule has 0 bridgehead atoms. The highest BCUT2D eigenvalue weighted by Crippen LogP contribution is 2.20. The van der Waals surface area contributed by atoms with Gasteiger partial charge >= 0.3 is 0 Å². The van der Waals surface area contributed by atoms with Crippen molar-refractivity contribution in [2.24, 2.45) is 0 Å². The fraction of sp³-hybridized carbons (Fsp3) is 0.278. The largest absolute Gasteiger partial charge is 0.385 e. The van der Waals surface area contributed by atoms with Crippen LogP contribution < -0.4 is 10.6 Å². The standard InChI is InChI=1S/C18H22N2O/c1-5-19-16-9-8-15(11-14(16)4)18(21)20-17-10-12(2)6-7-13(17)3/h6-11,19H,5H2,1-4H3,(H,20,21). The minimum atomic E-state index is -0.0742. The lowest BCUT2D eigenvalue weighted by molar-refractivity contribution is 0.102. The van der Waals surface area contributed by atoms with E-state index in [1.807, 2.05) is 57.2 Å². The summed E-state index contributed by atoms with van der Waals surface area (Å²) in [6, 6.07) is 11.8. The maximum atomic E-state index is 12.4. The summed E-state index contributed by atoms with van der Waals surface area (Å²) in [5.41, 5.74) is 5.89. The fourth-order valence-corrected chi connectivity index (χ4v) is 2.26. The van der Waals surface area contributed by atoms with Gasteiger partial charge < -0.3 is 10.6 Å². The van der Waals surface area contributed by atoms with E-state index in [-0.39, 0.29) is 5.91 Å². The molecule has 1 amide bonds. The highest BCUT2D eigenvalue weighted by molar-refractivity contribution is 6.05. The van der Waals surface area contributed by atoms with Crippen LogP contribution in [0.5, 0.6) is 0 Å². The minimum Gasteiger partial charge on any atom is -0.385 e. The molecular formula is C18H22N2O. The van der Waals surface area contributed by atoms with E-state index < -0.39 is 0 Å². The first-order valence-corrected chi connectivity index (χ1v) is 7.24. The molecule has 0 spiro atoms. The van der Waals surface area contributed by atoms with Crippen molar-refractivity contribution >= 4 is 17.3 Å². The number of rotatable bonds is 4. The summed E-state index contributed by atoms with van der Waals surface area (Å²) in [7, 11) is 0. The van der Waals surface area contributed by atoms with Gasteiger partial charge in [-0.1, -0.05) is 12.1 Å². The molecule has 0 aliphatic heterocycles. The van der Waals surface area contributed by atoms with Crippen molar-refractivity contribution in [1.29, 1.82) is 0 Å². The zero-order valence-electron chi connectivity index (χ0n) is 13.1. The number of carbonyl (C=O) groups is 1.